The van der Waals surface area contributed by atoms with Gasteiger partial charge < -0.3 is 4.74 Å². The van der Waals surface area contributed by atoms with Gasteiger partial charge in [0.25, 0.3) is 0 Å². The summed E-state index contributed by atoms with van der Waals surface area (Å²) in [6, 6.07) is 13.3. The fraction of sp³-hybridized carbons (Fsp3) is 0.421. The second-order valence-electron chi connectivity index (χ2n) is 6.05. The van der Waals surface area contributed by atoms with Crippen LogP contribution in [0.25, 0.3) is 0 Å². The van der Waals surface area contributed by atoms with E-state index in [0.717, 1.165) is 13.1 Å². The highest BCUT2D eigenvalue weighted by molar-refractivity contribution is 5.31. The van der Waals surface area contributed by atoms with Gasteiger partial charge >= 0.3 is 0 Å². The van der Waals surface area contributed by atoms with Crippen LogP contribution in [-0.2, 0) is 6.54 Å². The number of likely N-dealkylation sites (tertiary alicyclic amines) is 1. The van der Waals surface area contributed by atoms with Crippen LogP contribution in [0, 0.1) is 6.92 Å². The molecule has 0 saturated carbocycles. The number of hydrogen-bond acceptors (Lipinski definition) is 3. The van der Waals surface area contributed by atoms with Crippen molar-refractivity contribution in [1.29, 1.82) is 0 Å². The number of benzene rings is 1. The molecule has 1 fully saturated rings. The smallest absolute Gasteiger partial charge is 0.213 e. The number of rotatable bonds is 4. The van der Waals surface area contributed by atoms with Gasteiger partial charge in [-0.15, -0.1) is 0 Å². The van der Waals surface area contributed by atoms with E-state index < -0.39 is 0 Å². The Hall–Kier alpha value is -1.87. The zero-order valence-electron chi connectivity index (χ0n) is 13.5. The topological polar surface area (TPSA) is 25.4 Å². The molecule has 1 aromatic heterocycles. The lowest BCUT2D eigenvalue weighted by Gasteiger charge is -2.36. The van der Waals surface area contributed by atoms with E-state index in [2.05, 4.69) is 47.1 Å². The van der Waals surface area contributed by atoms with Gasteiger partial charge in [-0.05, 0) is 43.0 Å². The van der Waals surface area contributed by atoms with Gasteiger partial charge in [0, 0.05) is 24.8 Å². The van der Waals surface area contributed by atoms with Gasteiger partial charge in [-0.1, -0.05) is 36.8 Å². The van der Waals surface area contributed by atoms with Crippen molar-refractivity contribution in [2.45, 2.75) is 38.8 Å². The molecule has 1 aromatic carbocycles. The number of pyridine rings is 1. The minimum atomic E-state index is 0.465. The van der Waals surface area contributed by atoms with E-state index in [9.17, 15) is 0 Å². The van der Waals surface area contributed by atoms with Gasteiger partial charge in [0.2, 0.25) is 5.88 Å². The van der Waals surface area contributed by atoms with Gasteiger partial charge in [-0.2, -0.15) is 0 Å². The van der Waals surface area contributed by atoms with E-state index in [-0.39, 0.29) is 0 Å². The lowest BCUT2D eigenvalue weighted by molar-refractivity contribution is 0.139. The minimum Gasteiger partial charge on any atom is -0.481 e. The zero-order chi connectivity index (χ0) is 15.4. The SMILES string of the molecule is COc1cc(C)c([C@H]2CCCCN2Cc2ccccc2)cn1. The first-order valence-electron chi connectivity index (χ1n) is 8.06. The summed E-state index contributed by atoms with van der Waals surface area (Å²) in [5.41, 5.74) is 4.00. The molecule has 1 aliphatic rings. The highest BCUT2D eigenvalue weighted by Crippen LogP contribution is 2.34. The predicted octanol–water partition coefficient (Wildman–Crippen LogP) is 4.13. The summed E-state index contributed by atoms with van der Waals surface area (Å²) in [4.78, 5) is 7.02. The maximum absolute atomic E-state index is 5.24. The molecule has 0 N–H and O–H groups in total. The molecule has 2 heterocycles. The standard InChI is InChI=1S/C19H24N2O/c1-15-12-19(22-2)20-13-17(15)18-10-6-7-11-21(18)14-16-8-4-3-5-9-16/h3-5,8-9,12-13,18H,6-7,10-11,14H2,1-2H3/t18-/m1/s1. The van der Waals surface area contributed by atoms with Crippen molar-refractivity contribution in [3.63, 3.8) is 0 Å². The van der Waals surface area contributed by atoms with Gasteiger partial charge in [-0.3, -0.25) is 4.90 Å². The van der Waals surface area contributed by atoms with Gasteiger partial charge in [0.15, 0.2) is 0 Å². The van der Waals surface area contributed by atoms with Crippen LogP contribution >= 0.6 is 0 Å². The molecule has 3 rings (SSSR count). The van der Waals surface area contributed by atoms with Crippen LogP contribution in [0.3, 0.4) is 0 Å². The third kappa shape index (κ3) is 3.30. The maximum Gasteiger partial charge on any atom is 0.213 e. The highest BCUT2D eigenvalue weighted by atomic mass is 16.5. The summed E-state index contributed by atoms with van der Waals surface area (Å²) in [7, 11) is 1.67. The van der Waals surface area contributed by atoms with Crippen molar-refractivity contribution >= 4 is 0 Å². The number of methoxy groups -OCH3 is 1. The van der Waals surface area contributed by atoms with Crippen molar-refractivity contribution in [2.24, 2.45) is 0 Å². The average molecular weight is 296 g/mol. The van der Waals surface area contributed by atoms with Crippen LogP contribution in [0.5, 0.6) is 5.88 Å². The fourth-order valence-electron chi connectivity index (χ4n) is 3.35. The van der Waals surface area contributed by atoms with E-state index in [1.807, 2.05) is 12.3 Å². The van der Waals surface area contributed by atoms with Crippen molar-refractivity contribution in [2.75, 3.05) is 13.7 Å². The number of aromatic nitrogens is 1. The monoisotopic (exact) mass is 296 g/mol. The summed E-state index contributed by atoms with van der Waals surface area (Å²) in [5.74, 6) is 0.701. The molecule has 0 amide bonds. The van der Waals surface area contributed by atoms with Crippen LogP contribution in [0.4, 0.5) is 0 Å². The third-order valence-electron chi connectivity index (χ3n) is 4.54. The largest absolute Gasteiger partial charge is 0.481 e. The molecule has 3 nitrogen and oxygen atoms in total. The van der Waals surface area contributed by atoms with Crippen molar-refractivity contribution in [1.82, 2.24) is 9.88 Å². The molecule has 3 heteroatoms. The molecule has 0 bridgehead atoms. The Morgan fingerprint density at radius 3 is 2.77 bits per heavy atom. The molecular formula is C19H24N2O. The normalized spacial score (nSPS) is 19.1. The van der Waals surface area contributed by atoms with Crippen molar-refractivity contribution < 1.29 is 4.74 Å². The molecule has 1 saturated heterocycles. The summed E-state index contributed by atoms with van der Waals surface area (Å²) in [6.07, 6.45) is 5.79. The molecule has 0 unspecified atom stereocenters. The molecule has 0 aliphatic carbocycles. The summed E-state index contributed by atoms with van der Waals surface area (Å²) in [6.45, 7) is 4.33. The molecule has 22 heavy (non-hydrogen) atoms. The maximum atomic E-state index is 5.24. The first-order valence-corrected chi connectivity index (χ1v) is 8.06. The van der Waals surface area contributed by atoms with E-state index in [0.29, 0.717) is 11.9 Å². The van der Waals surface area contributed by atoms with Gasteiger partial charge in [0.1, 0.15) is 0 Å². The molecular weight excluding hydrogens is 272 g/mol. The first kappa shape index (κ1) is 15.0. The second kappa shape index (κ2) is 6.93. The van der Waals surface area contributed by atoms with E-state index in [1.54, 1.807) is 7.11 Å². The van der Waals surface area contributed by atoms with E-state index in [1.165, 1.54) is 36.0 Å². The van der Waals surface area contributed by atoms with E-state index >= 15 is 0 Å². The quantitative estimate of drug-likeness (QED) is 0.848. The third-order valence-corrected chi connectivity index (χ3v) is 4.54. The highest BCUT2D eigenvalue weighted by Gasteiger charge is 2.25. The molecule has 0 radical (unpaired) electrons. The predicted molar refractivity (Wildman–Crippen MR) is 89.0 cm³/mol. The molecule has 1 atom stereocenters. The number of aryl methyl sites for hydroxylation is 1. The fourth-order valence-corrected chi connectivity index (χ4v) is 3.35. The molecule has 0 spiro atoms. The zero-order valence-corrected chi connectivity index (χ0v) is 13.5. The van der Waals surface area contributed by atoms with Crippen molar-refractivity contribution in [3.8, 4) is 5.88 Å². The Labute approximate surface area is 132 Å². The van der Waals surface area contributed by atoms with Crippen LogP contribution in [0.15, 0.2) is 42.6 Å². The molecule has 2 aromatic rings. The lowest BCUT2D eigenvalue weighted by atomic mass is 9.93. The van der Waals surface area contributed by atoms with Gasteiger partial charge in [-0.25, -0.2) is 4.98 Å². The van der Waals surface area contributed by atoms with Crippen LogP contribution < -0.4 is 4.74 Å². The Balaban J connectivity index is 1.83. The van der Waals surface area contributed by atoms with Gasteiger partial charge in [0.05, 0.1) is 7.11 Å². The summed E-state index contributed by atoms with van der Waals surface area (Å²) in [5, 5.41) is 0. The summed E-state index contributed by atoms with van der Waals surface area (Å²) < 4.78 is 5.24. The Morgan fingerprint density at radius 1 is 1.23 bits per heavy atom. The minimum absolute atomic E-state index is 0.465. The number of ether oxygens (including phenoxy) is 1. The second-order valence-corrected chi connectivity index (χ2v) is 6.05. The number of hydrogen-bond donors (Lipinski definition) is 0. The first-order chi connectivity index (χ1) is 10.8. The summed E-state index contributed by atoms with van der Waals surface area (Å²) >= 11 is 0. The van der Waals surface area contributed by atoms with Crippen molar-refractivity contribution in [3.05, 3.63) is 59.3 Å². The number of nitrogens with zero attached hydrogens (tertiary/aromatic N) is 2. The Bertz CT molecular complexity index is 612. The van der Waals surface area contributed by atoms with E-state index in [4.69, 9.17) is 4.74 Å². The Morgan fingerprint density at radius 2 is 2.05 bits per heavy atom. The molecule has 1 aliphatic heterocycles. The Kier molecular flexibility index (Phi) is 4.74. The van der Waals surface area contributed by atoms with Crippen LogP contribution in [-0.4, -0.2) is 23.5 Å². The average Bonchev–Trinajstić information content (AvgIpc) is 2.56. The lowest BCUT2D eigenvalue weighted by Crippen LogP contribution is -2.33. The molecule has 116 valence electrons. The van der Waals surface area contributed by atoms with Crippen LogP contribution in [0.1, 0.15) is 42.0 Å². The number of piperidine rings is 1. The van der Waals surface area contributed by atoms with Crippen LogP contribution in [0.2, 0.25) is 0 Å².